The van der Waals surface area contributed by atoms with E-state index in [1.165, 1.54) is 0 Å². The Hall–Kier alpha value is -1.91. The summed E-state index contributed by atoms with van der Waals surface area (Å²) in [7, 11) is -3.72. The number of hydrogen-bond donors (Lipinski definition) is 1. The van der Waals surface area contributed by atoms with Gasteiger partial charge in [0.05, 0.1) is 23.5 Å². The van der Waals surface area contributed by atoms with Crippen molar-refractivity contribution in [1.29, 1.82) is 5.26 Å². The molecule has 1 aromatic rings. The second-order valence-corrected chi connectivity index (χ2v) is 6.99. The molecule has 1 aliphatic rings. The summed E-state index contributed by atoms with van der Waals surface area (Å²) < 4.78 is 31.3. The van der Waals surface area contributed by atoms with E-state index in [1.54, 1.807) is 24.3 Å². The van der Waals surface area contributed by atoms with Crippen molar-refractivity contribution in [2.24, 2.45) is 0 Å². The lowest BCUT2D eigenvalue weighted by Gasteiger charge is -2.10. The highest BCUT2D eigenvalue weighted by atomic mass is 32.2. The third-order valence-corrected chi connectivity index (χ3v) is 4.68. The van der Waals surface area contributed by atoms with Crippen molar-refractivity contribution in [1.82, 2.24) is 4.72 Å². The quantitative estimate of drug-likeness (QED) is 0.855. The molecule has 0 spiro atoms. The number of nitrogens with one attached hydrogen (secondary N) is 1. The van der Waals surface area contributed by atoms with Crippen LogP contribution in [0.4, 0.5) is 0 Å². The highest BCUT2D eigenvalue weighted by Crippen LogP contribution is 2.16. The third-order valence-electron chi connectivity index (χ3n) is 3.43. The summed E-state index contributed by atoms with van der Waals surface area (Å²) in [4.78, 5) is 11.7. The normalized spacial score (nSPS) is 17.9. The smallest absolute Gasteiger partial charge is 0.239 e. The maximum absolute atomic E-state index is 11.9. The highest BCUT2D eigenvalue weighted by Gasteiger charge is 2.19. The van der Waals surface area contributed by atoms with E-state index in [1.807, 2.05) is 6.07 Å². The van der Waals surface area contributed by atoms with Crippen LogP contribution in [0.2, 0.25) is 0 Å². The van der Waals surface area contributed by atoms with Crippen LogP contribution in [-0.2, 0) is 25.3 Å². The van der Waals surface area contributed by atoms with Crippen molar-refractivity contribution in [3.05, 3.63) is 35.4 Å². The first kappa shape index (κ1) is 16.5. The van der Waals surface area contributed by atoms with Gasteiger partial charge in [-0.05, 0) is 37.0 Å². The summed E-state index contributed by atoms with van der Waals surface area (Å²) in [5, 5.41) is 8.69. The summed E-state index contributed by atoms with van der Waals surface area (Å²) in [6.07, 6.45) is 2.65. The van der Waals surface area contributed by atoms with Crippen molar-refractivity contribution in [2.75, 3.05) is 6.61 Å². The SMILES string of the molecule is N#Cc1ccc(CS(=O)(=O)NC(=O)CCC2CCCO2)cc1. The minimum atomic E-state index is -3.72. The molecule has 1 fully saturated rings. The van der Waals surface area contributed by atoms with Gasteiger partial charge in [0.1, 0.15) is 0 Å². The molecule has 0 radical (unpaired) electrons. The molecular weight excluding hydrogens is 304 g/mol. The van der Waals surface area contributed by atoms with E-state index >= 15 is 0 Å². The van der Waals surface area contributed by atoms with Gasteiger partial charge in [0.15, 0.2) is 0 Å². The average Bonchev–Trinajstić information content (AvgIpc) is 2.98. The first-order chi connectivity index (χ1) is 10.5. The predicted octanol–water partition coefficient (Wildman–Crippen LogP) is 1.46. The van der Waals surface area contributed by atoms with E-state index < -0.39 is 15.9 Å². The molecule has 0 bridgehead atoms. The third kappa shape index (κ3) is 5.13. The minimum Gasteiger partial charge on any atom is -0.378 e. The van der Waals surface area contributed by atoms with Gasteiger partial charge in [-0.1, -0.05) is 12.1 Å². The van der Waals surface area contributed by atoms with Gasteiger partial charge < -0.3 is 4.74 Å². The number of carbonyl (C=O) groups is 1. The minimum absolute atomic E-state index is 0.0620. The zero-order chi connectivity index (χ0) is 16.0. The lowest BCUT2D eigenvalue weighted by molar-refractivity contribution is -0.119. The summed E-state index contributed by atoms with van der Waals surface area (Å²) in [6, 6.07) is 8.18. The van der Waals surface area contributed by atoms with Gasteiger partial charge in [0, 0.05) is 13.0 Å². The van der Waals surface area contributed by atoms with E-state index in [0.717, 1.165) is 12.8 Å². The molecule has 7 heteroatoms. The lowest BCUT2D eigenvalue weighted by Crippen LogP contribution is -2.32. The average molecular weight is 322 g/mol. The van der Waals surface area contributed by atoms with Crippen LogP contribution in [0.1, 0.15) is 36.8 Å². The van der Waals surface area contributed by atoms with Crippen molar-refractivity contribution in [3.63, 3.8) is 0 Å². The second-order valence-electron chi connectivity index (χ2n) is 5.27. The number of rotatable bonds is 6. The topological polar surface area (TPSA) is 96.3 Å². The highest BCUT2D eigenvalue weighted by molar-refractivity contribution is 7.89. The van der Waals surface area contributed by atoms with Crippen LogP contribution in [0.5, 0.6) is 0 Å². The molecule has 0 aliphatic carbocycles. The summed E-state index contributed by atoms with van der Waals surface area (Å²) >= 11 is 0. The molecule has 1 heterocycles. The van der Waals surface area contributed by atoms with E-state index in [-0.39, 0.29) is 18.3 Å². The van der Waals surface area contributed by atoms with Gasteiger partial charge in [-0.2, -0.15) is 5.26 Å². The van der Waals surface area contributed by atoms with Gasteiger partial charge >= 0.3 is 0 Å². The number of amides is 1. The Kier molecular flexibility index (Phi) is 5.52. The van der Waals surface area contributed by atoms with Crippen molar-refractivity contribution < 1.29 is 17.9 Å². The van der Waals surface area contributed by atoms with Gasteiger partial charge in [-0.3, -0.25) is 9.52 Å². The molecular formula is C15H18N2O4S. The molecule has 1 aromatic carbocycles. The molecule has 1 atom stereocenters. The molecule has 0 aromatic heterocycles. The molecule has 1 unspecified atom stereocenters. The Labute approximate surface area is 130 Å². The molecule has 1 aliphatic heterocycles. The maximum Gasteiger partial charge on any atom is 0.239 e. The van der Waals surface area contributed by atoms with Crippen molar-refractivity contribution >= 4 is 15.9 Å². The van der Waals surface area contributed by atoms with E-state index in [2.05, 4.69) is 4.72 Å². The number of nitriles is 1. The molecule has 22 heavy (non-hydrogen) atoms. The van der Waals surface area contributed by atoms with Gasteiger partial charge in [-0.25, -0.2) is 8.42 Å². The summed E-state index contributed by atoms with van der Waals surface area (Å²) in [5.41, 5.74) is 0.986. The molecule has 1 saturated heterocycles. The molecule has 2 rings (SSSR count). The standard InChI is InChI=1S/C15H18N2O4S/c16-10-12-3-5-13(6-4-12)11-22(19,20)17-15(18)8-7-14-2-1-9-21-14/h3-6,14H,1-2,7-9,11H2,(H,17,18). The fourth-order valence-corrected chi connectivity index (χ4v) is 3.47. The van der Waals surface area contributed by atoms with Crippen LogP contribution < -0.4 is 4.72 Å². The zero-order valence-electron chi connectivity index (χ0n) is 12.1. The largest absolute Gasteiger partial charge is 0.378 e. The van der Waals surface area contributed by atoms with Crippen molar-refractivity contribution in [2.45, 2.75) is 37.5 Å². The fourth-order valence-electron chi connectivity index (χ4n) is 2.32. The van der Waals surface area contributed by atoms with Crippen LogP contribution in [0.15, 0.2) is 24.3 Å². The molecule has 6 nitrogen and oxygen atoms in total. The molecule has 1 N–H and O–H groups in total. The first-order valence-corrected chi connectivity index (χ1v) is 8.78. The molecule has 1 amide bonds. The Morgan fingerprint density at radius 1 is 1.36 bits per heavy atom. The van der Waals surface area contributed by atoms with Crippen LogP contribution in [0, 0.1) is 11.3 Å². The number of carbonyl (C=O) groups excluding carboxylic acids is 1. The Morgan fingerprint density at radius 2 is 2.09 bits per heavy atom. The first-order valence-electron chi connectivity index (χ1n) is 7.12. The monoisotopic (exact) mass is 322 g/mol. The summed E-state index contributed by atoms with van der Waals surface area (Å²) in [6.45, 7) is 0.712. The lowest BCUT2D eigenvalue weighted by atomic mass is 10.1. The number of benzene rings is 1. The number of ether oxygens (including phenoxy) is 1. The predicted molar refractivity (Wildman–Crippen MR) is 80.1 cm³/mol. The van der Waals surface area contributed by atoms with E-state index in [9.17, 15) is 13.2 Å². The molecule has 0 saturated carbocycles. The van der Waals surface area contributed by atoms with Gasteiger partial charge in [-0.15, -0.1) is 0 Å². The van der Waals surface area contributed by atoms with Gasteiger partial charge in [0.25, 0.3) is 0 Å². The van der Waals surface area contributed by atoms with Crippen LogP contribution in [0.25, 0.3) is 0 Å². The van der Waals surface area contributed by atoms with Crippen LogP contribution >= 0.6 is 0 Å². The number of sulfonamides is 1. The van der Waals surface area contributed by atoms with E-state index in [0.29, 0.717) is 24.2 Å². The Morgan fingerprint density at radius 3 is 2.68 bits per heavy atom. The number of hydrogen-bond acceptors (Lipinski definition) is 5. The maximum atomic E-state index is 11.9. The fraction of sp³-hybridized carbons (Fsp3) is 0.467. The molecule has 118 valence electrons. The second kappa shape index (κ2) is 7.38. The van der Waals surface area contributed by atoms with Gasteiger partial charge in [0.2, 0.25) is 15.9 Å². The van der Waals surface area contributed by atoms with Crippen LogP contribution in [-0.4, -0.2) is 27.0 Å². The zero-order valence-corrected chi connectivity index (χ0v) is 12.9. The van der Waals surface area contributed by atoms with Crippen molar-refractivity contribution in [3.8, 4) is 6.07 Å². The number of nitrogens with zero attached hydrogens (tertiary/aromatic N) is 1. The Bertz CT molecular complexity index is 656. The summed E-state index contributed by atoms with van der Waals surface area (Å²) in [5.74, 6) is -0.797. The van der Waals surface area contributed by atoms with Crippen LogP contribution in [0.3, 0.4) is 0 Å². The van der Waals surface area contributed by atoms with E-state index in [4.69, 9.17) is 10.00 Å². The Balaban J connectivity index is 1.84.